The van der Waals surface area contributed by atoms with Crippen LogP contribution in [0.25, 0.3) is 11.0 Å². The fraction of sp³-hybridized carbons (Fsp3) is 0.417. The molecule has 0 unspecified atom stereocenters. The molecule has 11 nitrogen and oxygen atoms in total. The second-order valence-electron chi connectivity index (χ2n) is 4.83. The van der Waals surface area contributed by atoms with Crippen LogP contribution in [0.1, 0.15) is 16.6 Å². The standard InChI is InChI=1S/C12H17N5O6/c1-23-5(3-18)7(19)11(22)17-2-4(8(13)20)6-9(17)15-12(14)16-10(6)21/h2,5,7,11,18-19,22H,3H2,1H3,(H2,13,20)(H3,14,15,16,21)/t5-,7-,11-/m1/s1. The molecule has 0 radical (unpaired) electrons. The number of ether oxygens (including phenoxy) is 1. The number of nitrogens with one attached hydrogen (secondary N) is 1. The molecule has 2 aromatic rings. The van der Waals surface area contributed by atoms with Crippen LogP contribution in [0.4, 0.5) is 5.95 Å². The van der Waals surface area contributed by atoms with E-state index in [1.54, 1.807) is 0 Å². The summed E-state index contributed by atoms with van der Waals surface area (Å²) in [7, 11) is 1.24. The number of primary amides is 1. The van der Waals surface area contributed by atoms with E-state index < -0.39 is 36.5 Å². The molecule has 11 heteroatoms. The first kappa shape index (κ1) is 16.9. The fourth-order valence-corrected chi connectivity index (χ4v) is 2.24. The number of aliphatic hydroxyl groups excluding tert-OH is 3. The third-order valence-corrected chi connectivity index (χ3v) is 3.42. The van der Waals surface area contributed by atoms with Crippen molar-refractivity contribution in [3.8, 4) is 0 Å². The van der Waals surface area contributed by atoms with E-state index in [1.807, 2.05) is 0 Å². The molecule has 0 saturated carbocycles. The molecule has 3 atom stereocenters. The smallest absolute Gasteiger partial charge is 0.262 e. The molecule has 0 spiro atoms. The first-order valence-electron chi connectivity index (χ1n) is 6.51. The number of nitrogen functional groups attached to an aromatic ring is 1. The number of fused-ring (bicyclic) bond motifs is 1. The minimum Gasteiger partial charge on any atom is -0.394 e. The highest BCUT2D eigenvalue weighted by molar-refractivity contribution is 6.05. The Kier molecular flexibility index (Phi) is 4.65. The van der Waals surface area contributed by atoms with Crippen LogP contribution >= 0.6 is 0 Å². The van der Waals surface area contributed by atoms with Gasteiger partial charge in [-0.15, -0.1) is 0 Å². The van der Waals surface area contributed by atoms with Crippen LogP contribution in [0, 0.1) is 0 Å². The molecular weight excluding hydrogens is 310 g/mol. The number of aromatic amines is 1. The molecule has 23 heavy (non-hydrogen) atoms. The number of nitrogens with two attached hydrogens (primary N) is 2. The maximum absolute atomic E-state index is 12.0. The summed E-state index contributed by atoms with van der Waals surface area (Å²) in [5.74, 6) is -1.16. The Morgan fingerprint density at radius 2 is 2.17 bits per heavy atom. The number of H-pyrrole nitrogens is 1. The Bertz CT molecular complexity index is 780. The topological polar surface area (TPSA) is 190 Å². The normalized spacial score (nSPS) is 15.5. The summed E-state index contributed by atoms with van der Waals surface area (Å²) in [6.45, 7) is -0.563. The van der Waals surface area contributed by atoms with E-state index >= 15 is 0 Å². The highest BCUT2D eigenvalue weighted by Crippen LogP contribution is 2.23. The van der Waals surface area contributed by atoms with E-state index in [0.29, 0.717) is 0 Å². The van der Waals surface area contributed by atoms with Crippen LogP contribution in [0.3, 0.4) is 0 Å². The van der Waals surface area contributed by atoms with Crippen molar-refractivity contribution in [3.63, 3.8) is 0 Å². The minimum absolute atomic E-state index is 0.139. The highest BCUT2D eigenvalue weighted by atomic mass is 16.5. The number of carbonyl (C=O) groups excluding carboxylic acids is 1. The second-order valence-corrected chi connectivity index (χ2v) is 4.83. The molecule has 126 valence electrons. The summed E-state index contributed by atoms with van der Waals surface area (Å²) in [5, 5.41) is 29.3. The predicted octanol–water partition coefficient (Wildman–Crippen LogP) is -2.74. The molecule has 0 bridgehead atoms. The first-order chi connectivity index (χ1) is 10.8. The number of hydrogen-bond donors (Lipinski definition) is 6. The average Bonchev–Trinajstić information content (AvgIpc) is 2.87. The van der Waals surface area contributed by atoms with Gasteiger partial charge in [0.05, 0.1) is 17.6 Å². The number of hydrogen-bond acceptors (Lipinski definition) is 8. The van der Waals surface area contributed by atoms with Gasteiger partial charge in [-0.1, -0.05) is 0 Å². The molecule has 0 aliphatic carbocycles. The summed E-state index contributed by atoms with van der Waals surface area (Å²) in [4.78, 5) is 29.5. The lowest BCUT2D eigenvalue weighted by molar-refractivity contribution is -0.115. The molecule has 0 aliphatic heterocycles. The Labute approximate surface area is 129 Å². The zero-order valence-corrected chi connectivity index (χ0v) is 12.1. The van der Waals surface area contributed by atoms with E-state index in [0.717, 1.165) is 10.8 Å². The maximum atomic E-state index is 12.0. The summed E-state index contributed by atoms with van der Waals surface area (Å²) < 4.78 is 5.81. The van der Waals surface area contributed by atoms with Gasteiger partial charge >= 0.3 is 0 Å². The number of aromatic nitrogens is 3. The quantitative estimate of drug-likeness (QED) is 0.329. The van der Waals surface area contributed by atoms with Crippen LogP contribution < -0.4 is 17.0 Å². The highest BCUT2D eigenvalue weighted by Gasteiger charge is 2.30. The van der Waals surface area contributed by atoms with Gasteiger partial charge in [0.25, 0.3) is 11.5 Å². The average molecular weight is 327 g/mol. The van der Waals surface area contributed by atoms with Crippen molar-refractivity contribution in [1.29, 1.82) is 0 Å². The molecule has 0 fully saturated rings. The zero-order chi connectivity index (χ0) is 17.3. The van der Waals surface area contributed by atoms with Crippen molar-refractivity contribution < 1.29 is 24.9 Å². The van der Waals surface area contributed by atoms with E-state index in [9.17, 15) is 19.8 Å². The number of anilines is 1. The Balaban J connectivity index is 2.65. The van der Waals surface area contributed by atoms with Crippen LogP contribution in [0.15, 0.2) is 11.0 Å². The van der Waals surface area contributed by atoms with E-state index in [2.05, 4.69) is 9.97 Å². The summed E-state index contributed by atoms with van der Waals surface area (Å²) in [6, 6.07) is 0. The first-order valence-corrected chi connectivity index (χ1v) is 6.51. The molecule has 2 rings (SSSR count). The van der Waals surface area contributed by atoms with Gasteiger partial charge < -0.3 is 36.1 Å². The Hall–Kier alpha value is -2.47. The van der Waals surface area contributed by atoms with E-state index in [1.165, 1.54) is 7.11 Å². The summed E-state index contributed by atoms with van der Waals surface area (Å²) >= 11 is 0. The van der Waals surface area contributed by atoms with Crippen molar-refractivity contribution in [2.45, 2.75) is 18.4 Å². The minimum atomic E-state index is -1.67. The van der Waals surface area contributed by atoms with Crippen molar-refractivity contribution in [3.05, 3.63) is 22.1 Å². The monoisotopic (exact) mass is 327 g/mol. The van der Waals surface area contributed by atoms with Gasteiger partial charge in [-0.05, 0) is 0 Å². The molecule has 2 aromatic heterocycles. The lowest BCUT2D eigenvalue weighted by Crippen LogP contribution is -2.38. The van der Waals surface area contributed by atoms with Crippen LogP contribution in [-0.4, -0.2) is 61.7 Å². The predicted molar refractivity (Wildman–Crippen MR) is 78.4 cm³/mol. The van der Waals surface area contributed by atoms with Crippen molar-refractivity contribution >= 4 is 22.9 Å². The number of nitrogens with zero attached hydrogens (tertiary/aromatic N) is 2. The molecule has 1 amide bonds. The van der Waals surface area contributed by atoms with Gasteiger partial charge in [0.1, 0.15) is 12.2 Å². The summed E-state index contributed by atoms with van der Waals surface area (Å²) in [6.07, 6.45) is -3.26. The van der Waals surface area contributed by atoms with E-state index in [-0.39, 0.29) is 22.5 Å². The number of carbonyl (C=O) groups is 1. The van der Waals surface area contributed by atoms with Crippen molar-refractivity contribution in [2.24, 2.45) is 5.73 Å². The molecule has 0 aromatic carbocycles. The number of aliphatic hydroxyl groups is 3. The summed E-state index contributed by atoms with van der Waals surface area (Å²) in [5.41, 5.74) is 9.63. The molecule has 2 heterocycles. The largest absolute Gasteiger partial charge is 0.394 e. The Morgan fingerprint density at radius 1 is 1.52 bits per heavy atom. The van der Waals surface area contributed by atoms with Gasteiger partial charge in [-0.2, -0.15) is 4.98 Å². The fourth-order valence-electron chi connectivity index (χ4n) is 2.24. The molecule has 0 saturated heterocycles. The van der Waals surface area contributed by atoms with Crippen LogP contribution in [0.2, 0.25) is 0 Å². The zero-order valence-electron chi connectivity index (χ0n) is 12.1. The van der Waals surface area contributed by atoms with Gasteiger partial charge in [-0.25, -0.2) is 0 Å². The van der Waals surface area contributed by atoms with Gasteiger partial charge in [0.2, 0.25) is 5.95 Å². The van der Waals surface area contributed by atoms with Crippen molar-refractivity contribution in [1.82, 2.24) is 14.5 Å². The lowest BCUT2D eigenvalue weighted by atomic mass is 10.2. The lowest BCUT2D eigenvalue weighted by Gasteiger charge is -2.25. The van der Waals surface area contributed by atoms with Gasteiger partial charge in [-0.3, -0.25) is 14.6 Å². The number of amides is 1. The third-order valence-electron chi connectivity index (χ3n) is 3.42. The maximum Gasteiger partial charge on any atom is 0.262 e. The van der Waals surface area contributed by atoms with Crippen molar-refractivity contribution in [2.75, 3.05) is 19.5 Å². The second kappa shape index (κ2) is 6.34. The molecule has 8 N–H and O–H groups in total. The van der Waals surface area contributed by atoms with Crippen LogP contribution in [0.5, 0.6) is 0 Å². The molecular formula is C12H17N5O6. The third kappa shape index (κ3) is 2.90. The van der Waals surface area contributed by atoms with Gasteiger partial charge in [0.15, 0.2) is 11.9 Å². The van der Waals surface area contributed by atoms with E-state index in [4.69, 9.17) is 21.3 Å². The number of methoxy groups -OCH3 is 1. The molecule has 0 aliphatic rings. The SMILES string of the molecule is CO[C@H](CO)[C@@H](O)[C@@H](O)n1cc(C(N)=O)c2c(=O)[nH]c(N)nc21. The Morgan fingerprint density at radius 3 is 2.70 bits per heavy atom. The van der Waals surface area contributed by atoms with Gasteiger partial charge in [0, 0.05) is 13.3 Å². The van der Waals surface area contributed by atoms with Crippen LogP contribution in [-0.2, 0) is 4.74 Å². The number of rotatable bonds is 6.